The first kappa shape index (κ1) is 20.8. The third kappa shape index (κ3) is 4.55. The van der Waals surface area contributed by atoms with Gasteiger partial charge in [-0.25, -0.2) is 0 Å². The molecule has 0 unspecified atom stereocenters. The van der Waals surface area contributed by atoms with Crippen molar-refractivity contribution in [2.24, 2.45) is 0 Å². The van der Waals surface area contributed by atoms with Crippen molar-refractivity contribution in [3.05, 3.63) is 136 Å². The van der Waals surface area contributed by atoms with Crippen LogP contribution in [0.5, 0.6) is 0 Å². The van der Waals surface area contributed by atoms with Crippen LogP contribution in [0.4, 0.5) is 0 Å². The second-order valence-electron chi connectivity index (χ2n) is 7.96. The smallest absolute Gasteiger partial charge is 0.0701 e. The summed E-state index contributed by atoms with van der Waals surface area (Å²) >= 11 is 12.3. The third-order valence-electron chi connectivity index (χ3n) is 5.82. The molecule has 0 saturated carbocycles. The number of benzene rings is 3. The Balaban J connectivity index is 1.25. The average molecular weight is 454 g/mol. The zero-order chi connectivity index (χ0) is 21.9. The summed E-state index contributed by atoms with van der Waals surface area (Å²) in [5.41, 5.74) is 9.64. The Hall–Kier alpha value is -3.13. The van der Waals surface area contributed by atoms with Gasteiger partial charge in [-0.3, -0.25) is 4.98 Å². The molecule has 0 saturated heterocycles. The van der Waals surface area contributed by atoms with E-state index in [0.717, 1.165) is 29.7 Å². The molecular formula is C29H21Cl2N. The highest BCUT2D eigenvalue weighted by atomic mass is 35.5. The molecule has 0 spiro atoms. The molecule has 0 amide bonds. The predicted octanol–water partition coefficient (Wildman–Crippen LogP) is 8.52. The summed E-state index contributed by atoms with van der Waals surface area (Å²) in [6, 6.07) is 29.1. The molecule has 156 valence electrons. The molecule has 0 N–H and O–H groups in total. The number of hydrogen-bond donors (Lipinski definition) is 0. The molecule has 3 heteroatoms. The number of hydrogen-bond acceptors (Lipinski definition) is 1. The molecular weight excluding hydrogens is 433 g/mol. The lowest BCUT2D eigenvalue weighted by Gasteiger charge is -2.09. The van der Waals surface area contributed by atoms with Crippen molar-refractivity contribution in [1.82, 2.24) is 4.98 Å². The van der Waals surface area contributed by atoms with Crippen molar-refractivity contribution in [2.75, 3.05) is 0 Å². The molecule has 0 aliphatic heterocycles. The number of pyridine rings is 1. The maximum Gasteiger partial charge on any atom is 0.0701 e. The van der Waals surface area contributed by atoms with Gasteiger partial charge in [0.05, 0.1) is 5.69 Å². The van der Waals surface area contributed by atoms with E-state index in [1.165, 1.54) is 27.8 Å². The molecule has 0 radical (unpaired) electrons. The highest BCUT2D eigenvalue weighted by molar-refractivity contribution is 6.35. The molecule has 0 bridgehead atoms. The van der Waals surface area contributed by atoms with Crippen LogP contribution in [-0.2, 0) is 6.42 Å². The highest BCUT2D eigenvalue weighted by Gasteiger charge is 2.13. The third-order valence-corrected chi connectivity index (χ3v) is 6.40. The van der Waals surface area contributed by atoms with E-state index in [9.17, 15) is 0 Å². The summed E-state index contributed by atoms with van der Waals surface area (Å²) in [5, 5.41) is 1.37. The molecule has 1 heterocycles. The van der Waals surface area contributed by atoms with E-state index in [1.807, 2.05) is 36.5 Å². The van der Waals surface area contributed by atoms with Crippen molar-refractivity contribution in [2.45, 2.75) is 12.8 Å². The summed E-state index contributed by atoms with van der Waals surface area (Å²) in [7, 11) is 0. The molecule has 0 atom stereocenters. The number of rotatable bonds is 5. The van der Waals surface area contributed by atoms with Gasteiger partial charge in [-0.1, -0.05) is 96.0 Å². The Labute approximate surface area is 198 Å². The molecule has 1 aromatic heterocycles. The monoisotopic (exact) mass is 453 g/mol. The second kappa shape index (κ2) is 9.16. The predicted molar refractivity (Wildman–Crippen MR) is 136 cm³/mol. The number of allylic oxidation sites excluding steroid dienone is 4. The van der Waals surface area contributed by atoms with E-state index in [2.05, 4.69) is 65.7 Å². The SMILES string of the molecule is Clc1ccc(Cc2ccc(C3=CC=C(c4ccc(-c5ccccn5)cc4)C3)cc2)c(Cl)c1. The molecule has 1 aliphatic carbocycles. The summed E-state index contributed by atoms with van der Waals surface area (Å²) in [6.07, 6.45) is 8.01. The second-order valence-corrected chi connectivity index (χ2v) is 8.81. The van der Waals surface area contributed by atoms with Crippen LogP contribution in [0.15, 0.2) is 103 Å². The Kier molecular flexibility index (Phi) is 5.94. The lowest BCUT2D eigenvalue weighted by molar-refractivity contribution is 1.19. The van der Waals surface area contributed by atoms with Crippen molar-refractivity contribution in [1.29, 1.82) is 0 Å². The quantitative estimate of drug-likeness (QED) is 0.295. The van der Waals surface area contributed by atoms with Gasteiger partial charge in [-0.2, -0.15) is 0 Å². The summed E-state index contributed by atoms with van der Waals surface area (Å²) in [5.74, 6) is 0. The fraction of sp³-hybridized carbons (Fsp3) is 0.0690. The van der Waals surface area contributed by atoms with E-state index < -0.39 is 0 Å². The van der Waals surface area contributed by atoms with Crippen LogP contribution in [0.2, 0.25) is 10.0 Å². The van der Waals surface area contributed by atoms with Gasteiger partial charge in [0, 0.05) is 21.8 Å². The maximum atomic E-state index is 6.33. The van der Waals surface area contributed by atoms with Crippen LogP contribution in [0.1, 0.15) is 28.7 Å². The van der Waals surface area contributed by atoms with E-state index >= 15 is 0 Å². The molecule has 1 aliphatic rings. The van der Waals surface area contributed by atoms with Crippen LogP contribution < -0.4 is 0 Å². The van der Waals surface area contributed by atoms with Gasteiger partial charge in [0.2, 0.25) is 0 Å². The normalized spacial score (nSPS) is 13.1. The zero-order valence-corrected chi connectivity index (χ0v) is 18.9. The largest absolute Gasteiger partial charge is 0.256 e. The van der Waals surface area contributed by atoms with Gasteiger partial charge in [0.25, 0.3) is 0 Å². The lowest BCUT2D eigenvalue weighted by atomic mass is 9.96. The van der Waals surface area contributed by atoms with E-state index in [4.69, 9.17) is 23.2 Å². The van der Waals surface area contributed by atoms with Crippen LogP contribution in [0.3, 0.4) is 0 Å². The minimum Gasteiger partial charge on any atom is -0.256 e. The van der Waals surface area contributed by atoms with Crippen molar-refractivity contribution >= 4 is 34.3 Å². The number of aromatic nitrogens is 1. The van der Waals surface area contributed by atoms with Crippen molar-refractivity contribution in [3.63, 3.8) is 0 Å². The topological polar surface area (TPSA) is 12.9 Å². The number of halogens is 2. The first-order valence-electron chi connectivity index (χ1n) is 10.6. The van der Waals surface area contributed by atoms with Crippen LogP contribution in [0.25, 0.3) is 22.4 Å². The van der Waals surface area contributed by atoms with Gasteiger partial charge in [0.1, 0.15) is 0 Å². The molecule has 5 rings (SSSR count). The fourth-order valence-corrected chi connectivity index (χ4v) is 4.51. The minimum atomic E-state index is 0.664. The highest BCUT2D eigenvalue weighted by Crippen LogP contribution is 2.35. The summed E-state index contributed by atoms with van der Waals surface area (Å²) in [4.78, 5) is 4.43. The molecule has 4 aromatic rings. The van der Waals surface area contributed by atoms with E-state index in [0.29, 0.717) is 10.0 Å². The molecule has 3 aromatic carbocycles. The Morgan fingerprint density at radius 3 is 1.97 bits per heavy atom. The lowest BCUT2D eigenvalue weighted by Crippen LogP contribution is -1.91. The van der Waals surface area contributed by atoms with Gasteiger partial charge in [-0.05, 0) is 70.5 Å². The summed E-state index contributed by atoms with van der Waals surface area (Å²) in [6.45, 7) is 0. The van der Waals surface area contributed by atoms with Gasteiger partial charge < -0.3 is 0 Å². The zero-order valence-electron chi connectivity index (χ0n) is 17.4. The van der Waals surface area contributed by atoms with Gasteiger partial charge in [-0.15, -0.1) is 0 Å². The fourth-order valence-electron chi connectivity index (χ4n) is 4.03. The van der Waals surface area contributed by atoms with Crippen molar-refractivity contribution < 1.29 is 0 Å². The maximum absolute atomic E-state index is 6.33. The van der Waals surface area contributed by atoms with Crippen LogP contribution >= 0.6 is 23.2 Å². The Bertz CT molecular complexity index is 1300. The Morgan fingerprint density at radius 2 is 1.34 bits per heavy atom. The molecule has 0 fully saturated rings. The van der Waals surface area contributed by atoms with Crippen molar-refractivity contribution in [3.8, 4) is 11.3 Å². The number of nitrogens with zero attached hydrogens (tertiary/aromatic N) is 1. The first-order chi connectivity index (χ1) is 15.7. The summed E-state index contributed by atoms with van der Waals surface area (Å²) < 4.78 is 0. The van der Waals surface area contributed by atoms with E-state index in [-0.39, 0.29) is 0 Å². The van der Waals surface area contributed by atoms with Crippen LogP contribution in [-0.4, -0.2) is 4.98 Å². The molecule has 1 nitrogen and oxygen atoms in total. The van der Waals surface area contributed by atoms with E-state index in [1.54, 1.807) is 6.07 Å². The van der Waals surface area contributed by atoms with Crippen LogP contribution in [0, 0.1) is 0 Å². The standard InChI is InChI=1S/C29H21Cl2N/c30-27-15-14-26(28(31)19-27)17-20-4-6-21(7-5-20)24-12-13-25(18-24)22-8-10-23(11-9-22)29-3-1-2-16-32-29/h1-16,19H,17-18H2. The minimum absolute atomic E-state index is 0.664. The van der Waals surface area contributed by atoms with Gasteiger partial charge >= 0.3 is 0 Å². The van der Waals surface area contributed by atoms with Gasteiger partial charge in [0.15, 0.2) is 0 Å². The average Bonchev–Trinajstić information content (AvgIpc) is 3.32. The first-order valence-corrected chi connectivity index (χ1v) is 11.4. The Morgan fingerprint density at radius 1 is 0.688 bits per heavy atom. The molecule has 32 heavy (non-hydrogen) atoms.